The quantitative estimate of drug-likeness (QED) is 0.557. The Morgan fingerprint density at radius 1 is 1.09 bits per heavy atom. The first-order chi connectivity index (χ1) is 15.8. The average molecular weight is 454 g/mol. The monoisotopic (exact) mass is 453 g/mol. The van der Waals surface area contributed by atoms with Crippen LogP contribution in [0.4, 0.5) is 0 Å². The molecule has 0 saturated carbocycles. The highest BCUT2D eigenvalue weighted by molar-refractivity contribution is 7.99. The number of aromatic nitrogens is 4. The second-order valence-corrected chi connectivity index (χ2v) is 9.68. The van der Waals surface area contributed by atoms with E-state index in [1.807, 2.05) is 23.2 Å². The first-order valence-corrected chi connectivity index (χ1v) is 12.8. The van der Waals surface area contributed by atoms with Crippen LogP contribution in [0.15, 0.2) is 35.6 Å². The zero-order valence-electron chi connectivity index (χ0n) is 18.5. The molecule has 1 N–H and O–H groups in total. The van der Waals surface area contributed by atoms with Crippen LogP contribution in [0, 0.1) is 0 Å². The van der Waals surface area contributed by atoms with Crippen molar-refractivity contribution in [3.8, 4) is 11.4 Å². The molecule has 1 aromatic carbocycles. The molecule has 32 heavy (non-hydrogen) atoms. The van der Waals surface area contributed by atoms with E-state index in [1.54, 1.807) is 0 Å². The fraction of sp³-hybridized carbons (Fsp3) is 0.542. The van der Waals surface area contributed by atoms with Crippen LogP contribution in [0.25, 0.3) is 22.3 Å². The maximum Gasteiger partial charge on any atom is 0.233 e. The number of rotatable bonds is 6. The zero-order chi connectivity index (χ0) is 21.8. The molecule has 8 heteroatoms. The normalized spacial score (nSPS) is 19.9. The number of para-hydroxylation sites is 1. The van der Waals surface area contributed by atoms with E-state index in [4.69, 9.17) is 4.74 Å². The molecule has 0 spiro atoms. The molecule has 7 nitrogen and oxygen atoms in total. The number of fused-ring (bicyclic) bond motifs is 1. The molecule has 5 rings (SSSR count). The van der Waals surface area contributed by atoms with Crippen molar-refractivity contribution < 1.29 is 9.53 Å². The maximum absolute atomic E-state index is 12.9. The summed E-state index contributed by atoms with van der Waals surface area (Å²) < 4.78 is 8.07. The second-order valence-electron chi connectivity index (χ2n) is 8.74. The summed E-state index contributed by atoms with van der Waals surface area (Å²) in [5, 5.41) is 11.0. The Bertz CT molecular complexity index is 1050. The first kappa shape index (κ1) is 21.5. The van der Waals surface area contributed by atoms with Gasteiger partial charge in [-0.25, -0.2) is 0 Å². The van der Waals surface area contributed by atoms with Crippen LogP contribution in [0.3, 0.4) is 0 Å². The molecule has 2 saturated heterocycles. The van der Waals surface area contributed by atoms with E-state index in [-0.39, 0.29) is 12.0 Å². The van der Waals surface area contributed by atoms with Gasteiger partial charge >= 0.3 is 0 Å². The molecule has 1 amide bonds. The van der Waals surface area contributed by atoms with Gasteiger partial charge in [-0.2, -0.15) is 0 Å². The van der Waals surface area contributed by atoms with Crippen molar-refractivity contribution in [3.05, 3.63) is 30.5 Å². The topological polar surface area (TPSA) is 76.0 Å². The Labute approximate surface area is 192 Å². The predicted molar refractivity (Wildman–Crippen MR) is 127 cm³/mol. The summed E-state index contributed by atoms with van der Waals surface area (Å²) in [6, 6.07) is 8.23. The van der Waals surface area contributed by atoms with Crippen molar-refractivity contribution in [3.63, 3.8) is 0 Å². The van der Waals surface area contributed by atoms with Crippen LogP contribution >= 0.6 is 11.8 Å². The van der Waals surface area contributed by atoms with Gasteiger partial charge in [-0.1, -0.05) is 49.2 Å². The number of nitrogens with one attached hydrogen (secondary N) is 1. The standard InChI is InChI=1S/C24H31N5O2S/c30-22(28-12-6-2-1-3-7-13-28)17-32-24-27-26-23(29(24)16-18-9-8-14-31-18)20-15-25-21-11-5-4-10-19(20)21/h4-5,10-11,15,18,25H,1-3,6-9,12-14,16-17H2. The number of thioether (sulfide) groups is 1. The molecular weight excluding hydrogens is 422 g/mol. The number of ether oxygens (including phenoxy) is 1. The number of hydrogen-bond donors (Lipinski definition) is 1. The molecule has 1 atom stereocenters. The SMILES string of the molecule is O=C(CSc1nnc(-c2c[nH]c3ccccc23)n1CC1CCCO1)N1CCCCCCC1. The summed E-state index contributed by atoms with van der Waals surface area (Å²) in [5.74, 6) is 1.44. The number of nitrogens with zero attached hydrogens (tertiary/aromatic N) is 4. The van der Waals surface area contributed by atoms with E-state index < -0.39 is 0 Å². The Balaban J connectivity index is 1.37. The lowest BCUT2D eigenvalue weighted by molar-refractivity contribution is -0.128. The summed E-state index contributed by atoms with van der Waals surface area (Å²) in [6.07, 6.45) is 10.3. The van der Waals surface area contributed by atoms with Crippen LogP contribution < -0.4 is 0 Å². The van der Waals surface area contributed by atoms with Crippen molar-refractivity contribution in [2.75, 3.05) is 25.4 Å². The molecule has 0 radical (unpaired) electrons. The minimum absolute atomic E-state index is 0.166. The molecule has 4 heterocycles. The number of carbonyl (C=O) groups excluding carboxylic acids is 1. The highest BCUT2D eigenvalue weighted by Crippen LogP contribution is 2.31. The van der Waals surface area contributed by atoms with Crippen LogP contribution in [-0.4, -0.2) is 62.1 Å². The lowest BCUT2D eigenvalue weighted by atomic mass is 10.1. The molecule has 2 fully saturated rings. The third-order valence-corrected chi connectivity index (χ3v) is 7.44. The van der Waals surface area contributed by atoms with E-state index in [2.05, 4.69) is 31.9 Å². The maximum atomic E-state index is 12.9. The van der Waals surface area contributed by atoms with E-state index in [1.165, 1.54) is 31.0 Å². The Morgan fingerprint density at radius 3 is 2.72 bits per heavy atom. The highest BCUT2D eigenvalue weighted by Gasteiger charge is 2.24. The van der Waals surface area contributed by atoms with E-state index in [0.29, 0.717) is 12.3 Å². The summed E-state index contributed by atoms with van der Waals surface area (Å²) in [6.45, 7) is 3.28. The van der Waals surface area contributed by atoms with E-state index in [0.717, 1.165) is 72.8 Å². The Kier molecular flexibility index (Phi) is 6.78. The minimum Gasteiger partial charge on any atom is -0.376 e. The van der Waals surface area contributed by atoms with Crippen molar-refractivity contribution in [1.82, 2.24) is 24.6 Å². The number of hydrogen-bond acceptors (Lipinski definition) is 5. The van der Waals surface area contributed by atoms with Gasteiger partial charge < -0.3 is 14.6 Å². The Morgan fingerprint density at radius 2 is 1.91 bits per heavy atom. The average Bonchev–Trinajstić information content (AvgIpc) is 3.52. The van der Waals surface area contributed by atoms with Gasteiger partial charge in [0.2, 0.25) is 5.91 Å². The van der Waals surface area contributed by atoms with Crippen LogP contribution in [-0.2, 0) is 16.1 Å². The number of aromatic amines is 1. The van der Waals surface area contributed by atoms with Crippen LogP contribution in [0.2, 0.25) is 0 Å². The molecule has 170 valence electrons. The van der Waals surface area contributed by atoms with Crippen molar-refractivity contribution in [1.29, 1.82) is 0 Å². The van der Waals surface area contributed by atoms with E-state index >= 15 is 0 Å². The van der Waals surface area contributed by atoms with Crippen LogP contribution in [0.5, 0.6) is 0 Å². The number of likely N-dealkylation sites (tertiary alicyclic amines) is 1. The molecule has 2 aliphatic heterocycles. The molecule has 1 unspecified atom stereocenters. The molecule has 0 aliphatic carbocycles. The second kappa shape index (κ2) is 10.1. The fourth-order valence-electron chi connectivity index (χ4n) is 4.72. The van der Waals surface area contributed by atoms with E-state index in [9.17, 15) is 4.79 Å². The van der Waals surface area contributed by atoms with Crippen LogP contribution in [0.1, 0.15) is 44.9 Å². The summed E-state index contributed by atoms with van der Waals surface area (Å²) in [5.41, 5.74) is 2.11. The number of carbonyl (C=O) groups is 1. The zero-order valence-corrected chi connectivity index (χ0v) is 19.3. The number of H-pyrrole nitrogens is 1. The van der Waals surface area contributed by atoms with Gasteiger partial charge in [0, 0.05) is 42.4 Å². The smallest absolute Gasteiger partial charge is 0.233 e. The number of benzene rings is 1. The van der Waals surface area contributed by atoms with Gasteiger partial charge in [0.15, 0.2) is 11.0 Å². The summed E-state index contributed by atoms with van der Waals surface area (Å²) >= 11 is 1.50. The van der Waals surface area contributed by atoms with Gasteiger partial charge in [0.05, 0.1) is 18.4 Å². The van der Waals surface area contributed by atoms with Gasteiger partial charge in [-0.05, 0) is 31.7 Å². The number of amides is 1. The van der Waals surface area contributed by atoms with Crippen molar-refractivity contribution in [2.24, 2.45) is 0 Å². The third-order valence-electron chi connectivity index (χ3n) is 6.49. The lowest BCUT2D eigenvalue weighted by Gasteiger charge is -2.24. The fourth-order valence-corrected chi connectivity index (χ4v) is 5.57. The molecule has 0 bridgehead atoms. The van der Waals surface area contributed by atoms with Crippen molar-refractivity contribution >= 4 is 28.6 Å². The van der Waals surface area contributed by atoms with Gasteiger partial charge in [0.1, 0.15) is 0 Å². The largest absolute Gasteiger partial charge is 0.376 e. The minimum atomic E-state index is 0.166. The summed E-state index contributed by atoms with van der Waals surface area (Å²) in [4.78, 5) is 18.3. The van der Waals surface area contributed by atoms with Gasteiger partial charge in [-0.3, -0.25) is 9.36 Å². The highest BCUT2D eigenvalue weighted by atomic mass is 32.2. The molecule has 2 aromatic heterocycles. The predicted octanol–water partition coefficient (Wildman–Crippen LogP) is 4.49. The lowest BCUT2D eigenvalue weighted by Crippen LogP contribution is -2.35. The van der Waals surface area contributed by atoms with Gasteiger partial charge in [-0.15, -0.1) is 10.2 Å². The van der Waals surface area contributed by atoms with Gasteiger partial charge in [0.25, 0.3) is 0 Å². The Hall–Kier alpha value is -2.32. The third kappa shape index (κ3) is 4.71. The molecular formula is C24H31N5O2S. The summed E-state index contributed by atoms with van der Waals surface area (Å²) in [7, 11) is 0. The molecule has 3 aromatic rings. The van der Waals surface area contributed by atoms with Crippen molar-refractivity contribution in [2.45, 2.75) is 62.8 Å². The first-order valence-electron chi connectivity index (χ1n) is 11.8. The molecule has 2 aliphatic rings.